The molecule has 2 N–H and O–H groups in total. The molecule has 0 aliphatic rings. The van der Waals surface area contributed by atoms with Crippen LogP contribution in [0.5, 0.6) is 0 Å². The van der Waals surface area contributed by atoms with Gasteiger partial charge in [0.15, 0.2) is 0 Å². The second-order valence-electron chi connectivity index (χ2n) is 5.40. The van der Waals surface area contributed by atoms with Crippen LogP contribution in [-0.2, 0) is 16.8 Å². The molecule has 1 atom stereocenters. The highest BCUT2D eigenvalue weighted by molar-refractivity contribution is 5.78. The Morgan fingerprint density at radius 1 is 1.41 bits per heavy atom. The summed E-state index contributed by atoms with van der Waals surface area (Å²) in [5.41, 5.74) is 0.243. The van der Waals surface area contributed by atoms with Crippen LogP contribution in [-0.4, -0.2) is 26.9 Å². The number of nitrogens with one attached hydrogen (secondary N) is 1. The van der Waals surface area contributed by atoms with Crippen molar-refractivity contribution in [2.24, 2.45) is 0 Å². The minimum Gasteiger partial charge on any atom is -0.466 e. The summed E-state index contributed by atoms with van der Waals surface area (Å²) in [5.74, 6) is 0.218. The number of rotatable bonds is 5. The van der Waals surface area contributed by atoms with E-state index >= 15 is 0 Å². The fourth-order valence-corrected chi connectivity index (χ4v) is 2.24. The summed E-state index contributed by atoms with van der Waals surface area (Å²) in [5, 5.41) is 13.0. The Hall–Kier alpha value is -2.60. The van der Waals surface area contributed by atoms with E-state index in [1.165, 1.54) is 6.26 Å². The summed E-state index contributed by atoms with van der Waals surface area (Å²) in [6.45, 7) is 1.67. The monoisotopic (exact) mass is 299 g/mol. The van der Waals surface area contributed by atoms with Gasteiger partial charge in [-0.15, -0.1) is 0 Å². The highest BCUT2D eigenvalue weighted by atomic mass is 16.4. The van der Waals surface area contributed by atoms with Crippen molar-refractivity contribution in [1.29, 1.82) is 0 Å². The number of amides is 1. The molecule has 6 nitrogen and oxygen atoms in total. The predicted molar refractivity (Wildman–Crippen MR) is 80.2 cm³/mol. The number of furan rings is 1. The highest BCUT2D eigenvalue weighted by Crippen LogP contribution is 2.19. The first-order valence-electron chi connectivity index (χ1n) is 7.00. The molecule has 1 amide bonds. The maximum absolute atomic E-state index is 12.0. The molecular weight excluding hydrogens is 282 g/mol. The molecule has 114 valence electrons. The van der Waals surface area contributed by atoms with Gasteiger partial charge in [0.05, 0.1) is 24.9 Å². The molecule has 3 rings (SSSR count). The van der Waals surface area contributed by atoms with E-state index in [0.717, 1.165) is 5.65 Å². The lowest BCUT2D eigenvalue weighted by atomic mass is 10.0. The first kappa shape index (κ1) is 14.3. The van der Waals surface area contributed by atoms with Crippen LogP contribution in [0.15, 0.2) is 53.4 Å². The Kier molecular flexibility index (Phi) is 3.68. The van der Waals surface area contributed by atoms with Crippen molar-refractivity contribution in [2.45, 2.75) is 18.9 Å². The Labute approximate surface area is 127 Å². The Balaban J connectivity index is 1.60. The zero-order chi connectivity index (χ0) is 15.6. The van der Waals surface area contributed by atoms with Gasteiger partial charge in [0.25, 0.3) is 0 Å². The number of hydrogen-bond acceptors (Lipinski definition) is 4. The summed E-state index contributed by atoms with van der Waals surface area (Å²) in [7, 11) is 0. The van der Waals surface area contributed by atoms with Gasteiger partial charge in [0.1, 0.15) is 17.0 Å². The van der Waals surface area contributed by atoms with Crippen LogP contribution in [0, 0.1) is 0 Å². The molecule has 3 aromatic heterocycles. The number of aromatic nitrogens is 2. The van der Waals surface area contributed by atoms with Gasteiger partial charge in [-0.2, -0.15) is 0 Å². The summed E-state index contributed by atoms with van der Waals surface area (Å²) < 4.78 is 7.03. The van der Waals surface area contributed by atoms with Gasteiger partial charge in [0.2, 0.25) is 5.91 Å². The maximum Gasteiger partial charge on any atom is 0.226 e. The molecule has 3 heterocycles. The van der Waals surface area contributed by atoms with Gasteiger partial charge in [-0.3, -0.25) is 4.79 Å². The molecule has 3 aromatic rings. The topological polar surface area (TPSA) is 79.8 Å². The molecule has 0 radical (unpaired) electrons. The number of aliphatic hydroxyl groups is 1. The van der Waals surface area contributed by atoms with Gasteiger partial charge in [-0.05, 0) is 31.2 Å². The minimum absolute atomic E-state index is 0.0761. The number of imidazole rings is 1. The van der Waals surface area contributed by atoms with E-state index in [1.54, 1.807) is 19.1 Å². The average Bonchev–Trinajstić information content (AvgIpc) is 3.14. The average molecular weight is 299 g/mol. The number of pyridine rings is 1. The molecule has 0 aromatic carbocycles. The van der Waals surface area contributed by atoms with E-state index in [1.807, 2.05) is 35.0 Å². The van der Waals surface area contributed by atoms with Crippen molar-refractivity contribution in [1.82, 2.24) is 14.7 Å². The second kappa shape index (κ2) is 5.65. The van der Waals surface area contributed by atoms with Crippen LogP contribution < -0.4 is 5.32 Å². The Morgan fingerprint density at radius 2 is 2.27 bits per heavy atom. The number of hydrogen-bond donors (Lipinski definition) is 2. The summed E-state index contributed by atoms with van der Waals surface area (Å²) >= 11 is 0. The van der Waals surface area contributed by atoms with Crippen molar-refractivity contribution in [3.05, 3.63) is 60.4 Å². The fourth-order valence-electron chi connectivity index (χ4n) is 2.24. The first-order valence-corrected chi connectivity index (χ1v) is 7.00. The Bertz CT molecular complexity index is 742. The van der Waals surface area contributed by atoms with E-state index in [2.05, 4.69) is 10.3 Å². The van der Waals surface area contributed by atoms with E-state index < -0.39 is 5.60 Å². The van der Waals surface area contributed by atoms with Crippen LogP contribution >= 0.6 is 0 Å². The zero-order valence-corrected chi connectivity index (χ0v) is 12.2. The summed E-state index contributed by atoms with van der Waals surface area (Å²) in [4.78, 5) is 16.4. The number of nitrogens with zero attached hydrogens (tertiary/aromatic N) is 2. The van der Waals surface area contributed by atoms with E-state index in [0.29, 0.717) is 11.5 Å². The third kappa shape index (κ3) is 3.01. The third-order valence-corrected chi connectivity index (χ3v) is 3.44. The Morgan fingerprint density at radius 3 is 3.00 bits per heavy atom. The van der Waals surface area contributed by atoms with Gasteiger partial charge >= 0.3 is 0 Å². The van der Waals surface area contributed by atoms with Crippen LogP contribution in [0.3, 0.4) is 0 Å². The molecule has 0 spiro atoms. The minimum atomic E-state index is -1.24. The van der Waals surface area contributed by atoms with Crippen molar-refractivity contribution in [3.63, 3.8) is 0 Å². The molecule has 0 saturated carbocycles. The molecular formula is C16H17N3O3. The first-order chi connectivity index (χ1) is 10.5. The second-order valence-corrected chi connectivity index (χ2v) is 5.40. The van der Waals surface area contributed by atoms with Crippen molar-refractivity contribution < 1.29 is 14.3 Å². The third-order valence-electron chi connectivity index (χ3n) is 3.44. The number of carbonyl (C=O) groups excluding carboxylic acids is 1. The van der Waals surface area contributed by atoms with Gasteiger partial charge < -0.3 is 19.2 Å². The number of fused-ring (bicyclic) bond motifs is 1. The van der Waals surface area contributed by atoms with E-state index in [4.69, 9.17) is 4.42 Å². The number of carbonyl (C=O) groups is 1. The molecule has 1 unspecified atom stereocenters. The van der Waals surface area contributed by atoms with Gasteiger partial charge in [-0.25, -0.2) is 4.98 Å². The highest BCUT2D eigenvalue weighted by Gasteiger charge is 2.26. The SMILES string of the molecule is CC(O)(CNC(=O)Cc1cn2ccccc2n1)c1ccco1. The zero-order valence-electron chi connectivity index (χ0n) is 12.2. The van der Waals surface area contributed by atoms with E-state index in [9.17, 15) is 9.90 Å². The normalized spacial score (nSPS) is 13.9. The fraction of sp³-hybridized carbons (Fsp3) is 0.250. The van der Waals surface area contributed by atoms with Crippen LogP contribution in [0.4, 0.5) is 0 Å². The van der Waals surface area contributed by atoms with Crippen LogP contribution in [0.1, 0.15) is 18.4 Å². The smallest absolute Gasteiger partial charge is 0.226 e. The van der Waals surface area contributed by atoms with Crippen molar-refractivity contribution in [3.8, 4) is 0 Å². The van der Waals surface area contributed by atoms with Crippen molar-refractivity contribution in [2.75, 3.05) is 6.54 Å². The molecule has 0 aliphatic heterocycles. The van der Waals surface area contributed by atoms with Crippen LogP contribution in [0.25, 0.3) is 5.65 Å². The van der Waals surface area contributed by atoms with Gasteiger partial charge in [0, 0.05) is 12.4 Å². The quantitative estimate of drug-likeness (QED) is 0.748. The largest absolute Gasteiger partial charge is 0.466 e. The standard InChI is InChI=1S/C16H17N3O3/c1-16(21,13-5-4-8-22-13)11-17-15(20)9-12-10-19-7-3-2-6-14(19)18-12/h2-8,10,21H,9,11H2,1H3,(H,17,20). The van der Waals surface area contributed by atoms with Crippen molar-refractivity contribution >= 4 is 11.6 Å². The van der Waals surface area contributed by atoms with Gasteiger partial charge in [-0.1, -0.05) is 6.07 Å². The molecule has 0 aliphatic carbocycles. The maximum atomic E-state index is 12.0. The molecule has 22 heavy (non-hydrogen) atoms. The van der Waals surface area contributed by atoms with Crippen LogP contribution in [0.2, 0.25) is 0 Å². The molecule has 0 fully saturated rings. The lowest BCUT2D eigenvalue weighted by molar-refractivity contribution is -0.121. The van der Waals surface area contributed by atoms with E-state index in [-0.39, 0.29) is 18.9 Å². The molecule has 0 bridgehead atoms. The lowest BCUT2D eigenvalue weighted by Crippen LogP contribution is -2.39. The lowest BCUT2D eigenvalue weighted by Gasteiger charge is -2.20. The summed E-state index contributed by atoms with van der Waals surface area (Å²) in [6, 6.07) is 9.05. The summed E-state index contributed by atoms with van der Waals surface area (Å²) in [6.07, 6.45) is 5.35. The molecule has 6 heteroatoms. The predicted octanol–water partition coefficient (Wildman–Crippen LogP) is 1.49. The molecule has 0 saturated heterocycles.